The second-order valence-electron chi connectivity index (χ2n) is 3.83. The first-order valence-electron chi connectivity index (χ1n) is 5.47. The van der Waals surface area contributed by atoms with Crippen LogP contribution in [0.25, 0.3) is 22.6 Å². The van der Waals surface area contributed by atoms with E-state index in [1.165, 1.54) is 6.07 Å². The number of fused-ring (bicyclic) bond motifs is 1. The van der Waals surface area contributed by atoms with Gasteiger partial charge in [0.15, 0.2) is 5.58 Å². The molecule has 1 heterocycles. The van der Waals surface area contributed by atoms with Crippen molar-refractivity contribution in [3.63, 3.8) is 0 Å². The minimum Gasteiger partial charge on any atom is -0.497 e. The normalized spacial score (nSPS) is 10.8. The van der Waals surface area contributed by atoms with Crippen LogP contribution in [-0.4, -0.2) is 12.1 Å². The van der Waals surface area contributed by atoms with Crippen molar-refractivity contribution in [2.75, 3.05) is 7.11 Å². The van der Waals surface area contributed by atoms with E-state index in [4.69, 9.17) is 9.15 Å². The number of nitrogens with zero attached hydrogens (tertiary/aromatic N) is 1. The summed E-state index contributed by atoms with van der Waals surface area (Å²) in [5, 5.41) is 0. The highest BCUT2D eigenvalue weighted by Gasteiger charge is 2.12. The third-order valence-corrected chi connectivity index (χ3v) is 2.70. The molecule has 0 amide bonds. The summed E-state index contributed by atoms with van der Waals surface area (Å²) in [6, 6.07) is 11.7. The van der Waals surface area contributed by atoms with Crippen LogP contribution in [0.2, 0.25) is 0 Å². The molecule has 0 atom stereocenters. The second-order valence-corrected chi connectivity index (χ2v) is 3.83. The molecule has 0 aliphatic heterocycles. The van der Waals surface area contributed by atoms with Crippen molar-refractivity contribution >= 4 is 11.1 Å². The maximum atomic E-state index is 13.6. The van der Waals surface area contributed by atoms with Gasteiger partial charge in [-0.15, -0.1) is 0 Å². The molecule has 0 saturated carbocycles. The Bertz CT molecular complexity index is 706. The molecule has 3 nitrogen and oxygen atoms in total. The average Bonchev–Trinajstić information content (AvgIpc) is 2.81. The van der Waals surface area contributed by atoms with Crippen molar-refractivity contribution in [1.82, 2.24) is 4.98 Å². The maximum Gasteiger partial charge on any atom is 0.230 e. The van der Waals surface area contributed by atoms with Crippen molar-refractivity contribution in [1.29, 1.82) is 0 Å². The van der Waals surface area contributed by atoms with E-state index in [2.05, 4.69) is 4.98 Å². The molecule has 3 aromatic rings. The Labute approximate surface area is 103 Å². The molecule has 4 heteroatoms. The van der Waals surface area contributed by atoms with Gasteiger partial charge in [-0.1, -0.05) is 12.1 Å². The Morgan fingerprint density at radius 2 is 2.00 bits per heavy atom. The number of hydrogen-bond donors (Lipinski definition) is 0. The highest BCUT2D eigenvalue weighted by atomic mass is 19.1. The van der Waals surface area contributed by atoms with Gasteiger partial charge in [0.1, 0.15) is 17.1 Å². The second kappa shape index (κ2) is 4.14. The smallest absolute Gasteiger partial charge is 0.230 e. The van der Waals surface area contributed by atoms with Crippen molar-refractivity contribution in [3.05, 3.63) is 48.3 Å². The van der Waals surface area contributed by atoms with Crippen molar-refractivity contribution in [3.8, 4) is 17.2 Å². The van der Waals surface area contributed by atoms with Crippen LogP contribution in [0, 0.1) is 5.82 Å². The van der Waals surface area contributed by atoms with E-state index >= 15 is 0 Å². The van der Waals surface area contributed by atoms with E-state index in [0.717, 1.165) is 0 Å². The van der Waals surface area contributed by atoms with Crippen LogP contribution in [0.5, 0.6) is 5.75 Å². The number of benzene rings is 2. The van der Waals surface area contributed by atoms with E-state index in [1.54, 1.807) is 43.5 Å². The van der Waals surface area contributed by atoms with Gasteiger partial charge in [-0.05, 0) is 24.3 Å². The maximum absolute atomic E-state index is 13.6. The Morgan fingerprint density at radius 3 is 2.78 bits per heavy atom. The Balaban J connectivity index is 2.17. The molecule has 0 fully saturated rings. The highest BCUT2D eigenvalue weighted by Crippen LogP contribution is 2.28. The summed E-state index contributed by atoms with van der Waals surface area (Å²) in [6.07, 6.45) is 0. The van der Waals surface area contributed by atoms with Gasteiger partial charge in [-0.25, -0.2) is 9.37 Å². The van der Waals surface area contributed by atoms with Crippen LogP contribution in [0.3, 0.4) is 0 Å². The molecule has 90 valence electrons. The molecular weight excluding hydrogens is 233 g/mol. The van der Waals surface area contributed by atoms with Crippen LogP contribution in [0.15, 0.2) is 46.9 Å². The third kappa shape index (κ3) is 1.72. The summed E-state index contributed by atoms with van der Waals surface area (Å²) in [4.78, 5) is 4.27. The molecule has 2 aromatic carbocycles. The van der Waals surface area contributed by atoms with E-state index in [-0.39, 0.29) is 11.7 Å². The Hall–Kier alpha value is -2.36. The number of hydrogen-bond acceptors (Lipinski definition) is 3. The van der Waals surface area contributed by atoms with Crippen LogP contribution < -0.4 is 4.74 Å². The lowest BCUT2D eigenvalue weighted by Crippen LogP contribution is -1.83. The third-order valence-electron chi connectivity index (χ3n) is 2.70. The molecule has 0 aliphatic rings. The van der Waals surface area contributed by atoms with Crippen LogP contribution in [0.4, 0.5) is 4.39 Å². The van der Waals surface area contributed by atoms with Crippen molar-refractivity contribution in [2.24, 2.45) is 0 Å². The number of halogens is 1. The van der Waals surface area contributed by atoms with Crippen LogP contribution in [-0.2, 0) is 0 Å². The van der Waals surface area contributed by atoms with Gasteiger partial charge in [-0.2, -0.15) is 0 Å². The molecule has 3 rings (SSSR count). The number of rotatable bonds is 2. The lowest BCUT2D eigenvalue weighted by atomic mass is 10.2. The lowest BCUT2D eigenvalue weighted by Gasteiger charge is -1.95. The van der Waals surface area contributed by atoms with Gasteiger partial charge in [0.2, 0.25) is 5.89 Å². The van der Waals surface area contributed by atoms with Crippen molar-refractivity contribution < 1.29 is 13.5 Å². The molecule has 1 aromatic heterocycles. The van der Waals surface area contributed by atoms with Gasteiger partial charge in [0, 0.05) is 6.07 Å². The topological polar surface area (TPSA) is 35.3 Å². The van der Waals surface area contributed by atoms with E-state index in [9.17, 15) is 4.39 Å². The average molecular weight is 243 g/mol. The molecule has 0 unspecified atom stereocenters. The summed E-state index contributed by atoms with van der Waals surface area (Å²) in [5.41, 5.74) is 1.61. The fourth-order valence-electron chi connectivity index (χ4n) is 1.78. The Kier molecular flexibility index (Phi) is 2.48. The summed E-state index contributed by atoms with van der Waals surface area (Å²) < 4.78 is 24.3. The SMILES string of the molecule is COc1ccc2oc(-c3ccccc3F)nc2c1. The molecule has 0 N–H and O–H groups in total. The van der Waals surface area contributed by atoms with Crippen LogP contribution in [0.1, 0.15) is 0 Å². The van der Waals surface area contributed by atoms with Gasteiger partial charge >= 0.3 is 0 Å². The quantitative estimate of drug-likeness (QED) is 0.689. The predicted molar refractivity (Wildman–Crippen MR) is 66.0 cm³/mol. The number of aromatic nitrogens is 1. The first kappa shape index (κ1) is 10.8. The molecule has 18 heavy (non-hydrogen) atoms. The minimum absolute atomic E-state index is 0.274. The lowest BCUT2D eigenvalue weighted by molar-refractivity contribution is 0.415. The zero-order valence-corrected chi connectivity index (χ0v) is 9.68. The fraction of sp³-hybridized carbons (Fsp3) is 0.0714. The Morgan fingerprint density at radius 1 is 1.17 bits per heavy atom. The zero-order valence-electron chi connectivity index (χ0n) is 9.68. The largest absolute Gasteiger partial charge is 0.497 e. The molecule has 0 spiro atoms. The fourth-order valence-corrected chi connectivity index (χ4v) is 1.78. The van der Waals surface area contributed by atoms with E-state index < -0.39 is 0 Å². The van der Waals surface area contributed by atoms with Crippen molar-refractivity contribution in [2.45, 2.75) is 0 Å². The van der Waals surface area contributed by atoms with Gasteiger partial charge < -0.3 is 9.15 Å². The van der Waals surface area contributed by atoms with E-state index in [1.807, 2.05) is 0 Å². The standard InChI is InChI=1S/C14H10FNO2/c1-17-9-6-7-13-12(8-9)16-14(18-13)10-4-2-3-5-11(10)15/h2-8H,1H3. The first-order chi connectivity index (χ1) is 8.78. The minimum atomic E-state index is -0.351. The molecule has 0 aliphatic carbocycles. The monoisotopic (exact) mass is 243 g/mol. The summed E-state index contributed by atoms with van der Waals surface area (Å²) >= 11 is 0. The first-order valence-corrected chi connectivity index (χ1v) is 5.47. The van der Waals surface area contributed by atoms with Crippen LogP contribution >= 0.6 is 0 Å². The molecule has 0 radical (unpaired) electrons. The van der Waals surface area contributed by atoms with Gasteiger partial charge in [0.25, 0.3) is 0 Å². The predicted octanol–water partition coefficient (Wildman–Crippen LogP) is 3.64. The van der Waals surface area contributed by atoms with Gasteiger partial charge in [0.05, 0.1) is 12.7 Å². The summed E-state index contributed by atoms with van der Waals surface area (Å²) in [7, 11) is 1.58. The number of oxazole rings is 1. The number of methoxy groups -OCH3 is 1. The zero-order chi connectivity index (χ0) is 12.5. The summed E-state index contributed by atoms with van der Waals surface area (Å²) in [6.45, 7) is 0. The summed E-state index contributed by atoms with van der Waals surface area (Å²) in [5.74, 6) is 0.614. The number of ether oxygens (including phenoxy) is 1. The van der Waals surface area contributed by atoms with E-state index in [0.29, 0.717) is 22.4 Å². The highest BCUT2D eigenvalue weighted by molar-refractivity contribution is 5.77. The molecular formula is C14H10FNO2. The molecule has 0 saturated heterocycles. The molecule has 0 bridgehead atoms. The van der Waals surface area contributed by atoms with Gasteiger partial charge in [-0.3, -0.25) is 0 Å².